The van der Waals surface area contributed by atoms with Gasteiger partial charge in [-0.15, -0.1) is 6.42 Å². The molecule has 0 aliphatic carbocycles. The molecule has 0 unspecified atom stereocenters. The number of hydrogen-bond donors (Lipinski definition) is 2. The summed E-state index contributed by atoms with van der Waals surface area (Å²) in [5.41, 5.74) is 2.49. The molecule has 16 nitrogen and oxygen atoms in total. The van der Waals surface area contributed by atoms with Crippen LogP contribution in [0.5, 0.6) is 11.5 Å². The Morgan fingerprint density at radius 1 is 0.740 bits per heavy atom. The van der Waals surface area contributed by atoms with Crippen LogP contribution in [-0.2, 0) is 35.0 Å². The lowest BCUT2D eigenvalue weighted by molar-refractivity contribution is -0.126. The van der Waals surface area contributed by atoms with Crippen LogP contribution in [0, 0.1) is 12.3 Å². The third-order valence-electron chi connectivity index (χ3n) is 7.63. The minimum absolute atomic E-state index is 0.153. The van der Waals surface area contributed by atoms with Crippen LogP contribution in [0.4, 0.5) is 21.0 Å². The number of fused-ring (bicyclic) bond motifs is 2. The zero-order valence-electron chi connectivity index (χ0n) is 28.9. The summed E-state index contributed by atoms with van der Waals surface area (Å²) in [5, 5.41) is 5.03. The summed E-state index contributed by atoms with van der Waals surface area (Å²) in [6, 6.07) is 6.33. The molecule has 4 amide bonds. The van der Waals surface area contributed by atoms with E-state index in [1.165, 1.54) is 50.4 Å². The highest BCUT2D eigenvalue weighted by Gasteiger charge is 2.34. The van der Waals surface area contributed by atoms with E-state index in [2.05, 4.69) is 26.0 Å². The normalized spacial score (nSPS) is 15.7. The van der Waals surface area contributed by atoms with Crippen LogP contribution in [0.2, 0.25) is 0 Å². The number of ether oxygens (including phenoxy) is 6. The zero-order chi connectivity index (χ0) is 37.1. The highest BCUT2D eigenvalue weighted by Crippen LogP contribution is 2.38. The average molecular weight is 697 g/mol. The number of carbonyl (C=O) groups is 6. The number of carbonyl (C=O) groups excluding carboxylic acids is 6. The molecule has 0 spiro atoms. The van der Waals surface area contributed by atoms with Crippen LogP contribution < -0.4 is 29.9 Å². The number of anilines is 2. The van der Waals surface area contributed by atoms with Crippen LogP contribution in [-0.4, -0.2) is 103 Å². The number of nitrogens with zero attached hydrogens (tertiary/aromatic N) is 2. The predicted octanol–water partition coefficient (Wildman–Crippen LogP) is 2.43. The second-order valence-electron chi connectivity index (χ2n) is 10.7. The number of rotatable bonds is 9. The largest absolute Gasteiger partial charge is 0.479 e. The maximum Gasteiger partial charge on any atom is 0.406 e. The van der Waals surface area contributed by atoms with Crippen molar-refractivity contribution in [3.63, 3.8) is 0 Å². The van der Waals surface area contributed by atoms with Crippen molar-refractivity contribution in [2.75, 3.05) is 64.4 Å². The predicted molar refractivity (Wildman–Crippen MR) is 179 cm³/mol. The topological polar surface area (TPSA) is 188 Å². The molecule has 0 saturated heterocycles. The summed E-state index contributed by atoms with van der Waals surface area (Å²) < 4.78 is 29.8. The second kappa shape index (κ2) is 17.4. The van der Waals surface area contributed by atoms with Crippen molar-refractivity contribution in [2.45, 2.75) is 39.4 Å². The molecule has 0 aromatic heterocycles. The van der Waals surface area contributed by atoms with E-state index < -0.39 is 36.3 Å². The van der Waals surface area contributed by atoms with E-state index in [0.29, 0.717) is 40.4 Å². The van der Waals surface area contributed by atoms with Gasteiger partial charge in [0.05, 0.1) is 50.9 Å². The van der Waals surface area contributed by atoms with Gasteiger partial charge >= 0.3 is 24.1 Å². The molecule has 268 valence electrons. The van der Waals surface area contributed by atoms with Crippen LogP contribution in [0.15, 0.2) is 24.3 Å². The minimum Gasteiger partial charge on any atom is -0.479 e. The Bertz CT molecular complexity index is 1680. The third-order valence-corrected chi connectivity index (χ3v) is 7.63. The number of nitrogens with one attached hydrogen (secondary N) is 2. The Kier molecular flexibility index (Phi) is 13.4. The third kappa shape index (κ3) is 8.73. The SMILES string of the molecule is C#Cc1cc2c(cc1C(=O)OC)N(CCNC(=O)OC)C(=O)[C@@H](C)O2.CCc1cc2c(cc1C(=O)OC)N(CCNC(=O)OC)C(=O)[C@@H](C)O2. The minimum atomic E-state index is -0.722. The van der Waals surface area contributed by atoms with E-state index in [1.54, 1.807) is 26.0 Å². The van der Waals surface area contributed by atoms with Crippen LogP contribution >= 0.6 is 0 Å². The maximum atomic E-state index is 12.5. The number of esters is 2. The van der Waals surface area contributed by atoms with Gasteiger partial charge in [-0.25, -0.2) is 19.2 Å². The maximum absolute atomic E-state index is 12.5. The molecule has 2 aliphatic heterocycles. The molecule has 2 atom stereocenters. The van der Waals surface area contributed by atoms with Gasteiger partial charge in [-0.05, 0) is 50.1 Å². The molecule has 2 aromatic carbocycles. The molecule has 0 saturated carbocycles. The average Bonchev–Trinajstić information content (AvgIpc) is 3.12. The molecule has 50 heavy (non-hydrogen) atoms. The van der Waals surface area contributed by atoms with Gasteiger partial charge in [0.25, 0.3) is 11.8 Å². The lowest BCUT2D eigenvalue weighted by Gasteiger charge is -2.33. The summed E-state index contributed by atoms with van der Waals surface area (Å²) in [4.78, 5) is 74.2. The van der Waals surface area contributed by atoms with Gasteiger partial charge in [0.1, 0.15) is 11.5 Å². The number of terminal acetylenes is 1. The standard InChI is InChI=1S/C17H22N2O6.C17H18N2O6/c2*1-5-11-8-14-13(9-12(11)16(21)23-3)19(15(20)10(2)25-14)7-6-18-17(22)24-4/h8-10H,5-7H2,1-4H3,(H,18,22);1,8-10H,6-7H2,2-4H3,(H,18,22)/t2*10-/m11/s1. The van der Waals surface area contributed by atoms with Gasteiger partial charge in [0.2, 0.25) is 0 Å². The lowest BCUT2D eigenvalue weighted by Crippen LogP contribution is -2.47. The highest BCUT2D eigenvalue weighted by atomic mass is 16.5. The molecule has 16 heteroatoms. The molecular formula is C34H40N4O12. The fourth-order valence-corrected chi connectivity index (χ4v) is 5.08. The quantitative estimate of drug-likeness (QED) is 0.222. The first-order valence-electron chi connectivity index (χ1n) is 15.4. The number of hydrogen-bond acceptors (Lipinski definition) is 12. The van der Waals surface area contributed by atoms with Gasteiger partial charge in [-0.1, -0.05) is 12.8 Å². The van der Waals surface area contributed by atoms with Crippen LogP contribution in [0.3, 0.4) is 0 Å². The van der Waals surface area contributed by atoms with Crippen molar-refractivity contribution in [1.29, 1.82) is 0 Å². The molecule has 0 fully saturated rings. The van der Waals surface area contributed by atoms with E-state index in [1.807, 2.05) is 6.92 Å². The first kappa shape index (κ1) is 38.5. The van der Waals surface area contributed by atoms with Crippen molar-refractivity contribution < 1.29 is 57.2 Å². The molecular weight excluding hydrogens is 656 g/mol. The van der Waals surface area contributed by atoms with Gasteiger partial charge in [0, 0.05) is 31.7 Å². The molecule has 0 bridgehead atoms. The van der Waals surface area contributed by atoms with Crippen LogP contribution in [0.1, 0.15) is 52.6 Å². The Hall–Kier alpha value is -5.98. The van der Waals surface area contributed by atoms with Crippen molar-refractivity contribution in [1.82, 2.24) is 10.6 Å². The Labute approximate surface area is 289 Å². The van der Waals surface area contributed by atoms with E-state index in [-0.39, 0.29) is 43.6 Å². The number of benzene rings is 2. The summed E-state index contributed by atoms with van der Waals surface area (Å²) >= 11 is 0. The molecule has 4 rings (SSSR count). The summed E-state index contributed by atoms with van der Waals surface area (Å²) in [7, 11) is 5.06. The van der Waals surface area contributed by atoms with Crippen LogP contribution in [0.25, 0.3) is 0 Å². The van der Waals surface area contributed by atoms with E-state index in [0.717, 1.165) is 5.56 Å². The number of amides is 4. The van der Waals surface area contributed by atoms with Crippen molar-refractivity contribution >= 4 is 47.3 Å². The van der Waals surface area contributed by atoms with E-state index in [4.69, 9.17) is 25.4 Å². The van der Waals surface area contributed by atoms with Crippen molar-refractivity contribution in [2.24, 2.45) is 0 Å². The van der Waals surface area contributed by atoms with Gasteiger partial charge < -0.3 is 48.9 Å². The fourth-order valence-electron chi connectivity index (χ4n) is 5.08. The number of aryl methyl sites for hydroxylation is 1. The monoisotopic (exact) mass is 696 g/mol. The molecule has 2 heterocycles. The number of alkyl carbamates (subject to hydrolysis) is 2. The Balaban J connectivity index is 0.000000270. The van der Waals surface area contributed by atoms with Crippen molar-refractivity contribution in [3.8, 4) is 23.8 Å². The first-order chi connectivity index (χ1) is 23.8. The number of methoxy groups -OCH3 is 4. The molecule has 0 radical (unpaired) electrons. The second-order valence-corrected chi connectivity index (χ2v) is 10.7. The highest BCUT2D eigenvalue weighted by molar-refractivity contribution is 6.03. The Morgan fingerprint density at radius 2 is 1.18 bits per heavy atom. The fraction of sp³-hybridized carbons (Fsp3) is 0.412. The molecule has 2 N–H and O–H groups in total. The van der Waals surface area contributed by atoms with Gasteiger partial charge in [-0.3, -0.25) is 9.59 Å². The molecule has 2 aliphatic rings. The summed E-state index contributed by atoms with van der Waals surface area (Å²) in [6.45, 7) is 5.94. The first-order valence-corrected chi connectivity index (χ1v) is 15.4. The Morgan fingerprint density at radius 3 is 1.60 bits per heavy atom. The smallest absolute Gasteiger partial charge is 0.406 e. The zero-order valence-corrected chi connectivity index (χ0v) is 28.9. The van der Waals surface area contributed by atoms with Crippen molar-refractivity contribution in [3.05, 3.63) is 46.5 Å². The summed E-state index contributed by atoms with van der Waals surface area (Å²) in [5.74, 6) is 1.67. The van der Waals surface area contributed by atoms with E-state index >= 15 is 0 Å². The van der Waals surface area contributed by atoms with Gasteiger partial charge in [-0.2, -0.15) is 0 Å². The van der Waals surface area contributed by atoms with E-state index in [9.17, 15) is 28.8 Å². The lowest BCUT2D eigenvalue weighted by atomic mass is 10.0. The summed E-state index contributed by atoms with van der Waals surface area (Å²) in [6.07, 6.45) is 3.51. The van der Waals surface area contributed by atoms with Gasteiger partial charge in [0.15, 0.2) is 12.2 Å². The molecule has 2 aromatic rings.